The number of hydrogen-bond acceptors (Lipinski definition) is 15. The van der Waals surface area contributed by atoms with Crippen LogP contribution in [0, 0.1) is 0 Å². The number of aromatic nitrogens is 3. The van der Waals surface area contributed by atoms with Crippen LogP contribution in [0.5, 0.6) is 0 Å². The van der Waals surface area contributed by atoms with E-state index >= 15 is 0 Å². The Morgan fingerprint density at radius 1 is 0.370 bits per heavy atom. The molecule has 5 amide bonds. The number of nitrogens with one attached hydrogen (secondary N) is 2. The zero-order valence-corrected chi connectivity index (χ0v) is 71.2. The van der Waals surface area contributed by atoms with Gasteiger partial charge in [0.25, 0.3) is 29.5 Å². The fourth-order valence-electron chi connectivity index (χ4n) is 18.8. The zero-order chi connectivity index (χ0) is 90.2. The third-order valence-corrected chi connectivity index (χ3v) is 27.6. The van der Waals surface area contributed by atoms with Crippen LogP contribution < -0.4 is 14.6 Å². The first-order valence-corrected chi connectivity index (χ1v) is 46.6. The summed E-state index contributed by atoms with van der Waals surface area (Å²) in [5.74, 6) is -3.06. The minimum atomic E-state index is -5.88. The number of hydrogen-bond donors (Lipinski definition) is 4. The zero-order valence-electron chi connectivity index (χ0n) is 68.8. The maximum Gasteiger partial charge on any atom is 0.516 e. The summed E-state index contributed by atoms with van der Waals surface area (Å²) in [6.07, 6.45) is 22.2. The Balaban J connectivity index is 0.000000141. The number of carbonyl (C=O) groups is 6. The third-order valence-electron chi connectivity index (χ3n) is 24.9. The van der Waals surface area contributed by atoms with Crippen LogP contribution in [-0.4, -0.2) is 190 Å². The van der Waals surface area contributed by atoms with E-state index in [2.05, 4.69) is 27.9 Å². The van der Waals surface area contributed by atoms with Crippen LogP contribution in [0.1, 0.15) is 179 Å². The van der Waals surface area contributed by atoms with Crippen molar-refractivity contribution >= 4 is 117 Å². The second kappa shape index (κ2) is 37.0. The number of ether oxygens (including phenoxy) is 3. The fraction of sp³-hybridized carbons (Fsp3) is 0.400. The molecule has 0 bridgehead atoms. The molecular formula is C90H92F9N9O16S3. The van der Waals surface area contributed by atoms with Gasteiger partial charge in [-0.3, -0.25) is 24.0 Å². The standard InChI is InChI=1S/2C30H30F3N3O5S.C29H30N2O4.CH2F3NO2S/c2*31-30(32,33)42(39,40)34-28(37)21-10-11-24-25(17-21)36-18-22(29(38)35-12-14-41-15-13-35)16-20-8-4-5-9-23(20)27(36)26(24)19-6-2-1-3-7-19;32-28(30-12-14-35-15-13-30)22-16-20-8-4-5-9-23(20)27-26(19-6-2-1-3-7-19)24-11-10-21(29(33)34)17-25(24)31(27)18-22;2-1(3,4)8(5,6)7/h2*4-5,8-11,16-17,19H,1-3,6-7,12-15,18H2,(H,34,37);4-5,8-11,16-17,19H,1-3,6-7,12-15,18H2,(H,33,34);(H2,5,6,7). The number of nitrogens with two attached hydrogens (primary N) is 1. The quantitative estimate of drug-likeness (QED) is 0.0874. The number of sulfonamides is 3. The van der Waals surface area contributed by atoms with Gasteiger partial charge >= 0.3 is 52.6 Å². The van der Waals surface area contributed by atoms with Gasteiger partial charge in [0.05, 0.1) is 81.9 Å². The average molecular weight is 1820 g/mol. The summed E-state index contributed by atoms with van der Waals surface area (Å²) in [6, 6.07) is 38.3. The number of carbonyl (C=O) groups excluding carboxylic acids is 5. The highest BCUT2D eigenvalue weighted by atomic mass is 32.2. The topological polar surface area (TPSA) is 327 Å². The molecular weight excluding hydrogens is 1730 g/mol. The van der Waals surface area contributed by atoms with Crippen molar-refractivity contribution < 1.29 is 113 Å². The van der Waals surface area contributed by atoms with Crippen LogP contribution in [0.25, 0.3) is 84.7 Å². The number of amides is 5. The number of nitrogens with zero attached hydrogens (tertiary/aromatic N) is 6. The van der Waals surface area contributed by atoms with Crippen molar-refractivity contribution in [3.8, 4) is 33.8 Å². The highest BCUT2D eigenvalue weighted by Gasteiger charge is 2.49. The molecule has 6 aromatic carbocycles. The molecule has 0 spiro atoms. The average Bonchev–Trinajstić information content (AvgIpc) is 1.58. The molecule has 6 aliphatic heterocycles. The van der Waals surface area contributed by atoms with Crippen LogP contribution >= 0.6 is 0 Å². The summed E-state index contributed by atoms with van der Waals surface area (Å²) in [4.78, 5) is 84.0. The Morgan fingerprint density at radius 2 is 0.630 bits per heavy atom. The van der Waals surface area contributed by atoms with Crippen molar-refractivity contribution in [3.05, 3.63) is 194 Å². The van der Waals surface area contributed by atoms with E-state index in [1.165, 1.54) is 49.1 Å². The molecule has 0 atom stereocenters. The first kappa shape index (κ1) is 90.8. The Hall–Kier alpha value is -11.0. The Bertz CT molecular complexity index is 6020. The first-order chi connectivity index (χ1) is 60.5. The van der Waals surface area contributed by atoms with Gasteiger partial charge in [-0.25, -0.2) is 27.8 Å². The molecule has 3 saturated carbocycles. The first-order valence-electron chi connectivity index (χ1n) is 42.1. The number of halogens is 9. The predicted octanol–water partition coefficient (Wildman–Crippen LogP) is 15.5. The lowest BCUT2D eigenvalue weighted by Gasteiger charge is -2.28. The van der Waals surface area contributed by atoms with Gasteiger partial charge < -0.3 is 47.7 Å². The molecule has 127 heavy (non-hydrogen) atoms. The van der Waals surface area contributed by atoms with Crippen LogP contribution in [-0.2, 0) is 78.3 Å². The van der Waals surface area contributed by atoms with E-state index in [1.807, 2.05) is 92.9 Å². The lowest BCUT2D eigenvalue weighted by molar-refractivity contribution is -0.131. The molecule has 3 aliphatic carbocycles. The summed E-state index contributed by atoms with van der Waals surface area (Å²) < 4.78 is 201. The monoisotopic (exact) mass is 1820 g/mol. The van der Waals surface area contributed by atoms with E-state index < -0.39 is 64.4 Å². The van der Waals surface area contributed by atoms with Crippen LogP contribution in [0.2, 0.25) is 0 Å². The molecule has 674 valence electrons. The van der Waals surface area contributed by atoms with Gasteiger partial charge in [0.2, 0.25) is 0 Å². The normalized spacial score (nSPS) is 18.0. The number of rotatable bonds is 11. The van der Waals surface area contributed by atoms with Gasteiger partial charge in [-0.15, -0.1) is 0 Å². The molecule has 9 heterocycles. The van der Waals surface area contributed by atoms with Gasteiger partial charge in [0.15, 0.2) is 0 Å². The number of carboxylic acids is 1. The summed E-state index contributed by atoms with van der Waals surface area (Å²) in [5.41, 5.74) is -0.742. The maximum absolute atomic E-state index is 13.7. The molecule has 0 radical (unpaired) electrons. The van der Waals surface area contributed by atoms with E-state index in [1.54, 1.807) is 34.1 Å². The SMILES string of the molecule is NS(=O)(=O)C(F)(F)F.O=C(NS(=O)(=O)C(F)(F)F)c1ccc2c(C3CCCCC3)c3n(c2c1)CC(C(=O)N1CCOCC1)=Cc1ccccc1-3.O=C(NS(=O)(=O)C(F)(F)F)c1ccc2c(C3CCCCC3)c3n(c2c1)CC(C(=O)N1CCOCC1)=Cc1ccccc1-3.O=C(O)c1ccc2c(C3CCCCC3)c3n(c2c1)CC(C(=O)N1CCOCC1)=Cc1ccccc1-3. The number of alkyl halides is 9. The summed E-state index contributed by atoms with van der Waals surface area (Å²) >= 11 is 0. The van der Waals surface area contributed by atoms with Crippen LogP contribution in [0.15, 0.2) is 144 Å². The van der Waals surface area contributed by atoms with Crippen LogP contribution in [0.3, 0.4) is 0 Å². The van der Waals surface area contributed by atoms with E-state index in [-0.39, 0.29) is 59.3 Å². The molecule has 3 saturated heterocycles. The molecule has 18 rings (SSSR count). The molecule has 6 fully saturated rings. The molecule has 3 aromatic heterocycles. The molecule has 9 aliphatic rings. The molecule has 37 heteroatoms. The van der Waals surface area contributed by atoms with E-state index in [9.17, 15) is 98.6 Å². The van der Waals surface area contributed by atoms with Crippen molar-refractivity contribution in [2.24, 2.45) is 5.14 Å². The van der Waals surface area contributed by atoms with E-state index in [4.69, 9.17) is 14.2 Å². The summed E-state index contributed by atoms with van der Waals surface area (Å²) in [7, 11) is -17.1. The number of carboxylic acid groups (broad SMARTS) is 1. The van der Waals surface area contributed by atoms with Crippen molar-refractivity contribution in [1.82, 2.24) is 37.8 Å². The number of primary sulfonamides is 1. The lowest BCUT2D eigenvalue weighted by atomic mass is 9.81. The maximum atomic E-state index is 13.7. The van der Waals surface area contributed by atoms with Gasteiger partial charge in [-0.05, 0) is 144 Å². The highest BCUT2D eigenvalue weighted by Crippen LogP contribution is 2.51. The van der Waals surface area contributed by atoms with Crippen molar-refractivity contribution in [3.63, 3.8) is 0 Å². The third kappa shape index (κ3) is 19.0. The number of fused-ring (bicyclic) bond motifs is 15. The van der Waals surface area contributed by atoms with Crippen molar-refractivity contribution in [1.29, 1.82) is 0 Å². The highest BCUT2D eigenvalue weighted by molar-refractivity contribution is 7.91. The van der Waals surface area contributed by atoms with Gasteiger partial charge in [0, 0.05) is 117 Å². The smallest absolute Gasteiger partial charge is 0.478 e. The summed E-state index contributed by atoms with van der Waals surface area (Å²) in [6.45, 7) is 6.68. The molecule has 25 nitrogen and oxygen atoms in total. The fourth-order valence-corrected chi connectivity index (χ4v) is 19.8. The van der Waals surface area contributed by atoms with Crippen molar-refractivity contribution in [2.45, 2.75) is 150 Å². The Morgan fingerprint density at radius 3 is 0.890 bits per heavy atom. The summed E-state index contributed by atoms with van der Waals surface area (Å²) in [5, 5.41) is 16.2. The molecule has 9 aromatic rings. The second-order valence-corrected chi connectivity index (χ2v) is 37.7. The van der Waals surface area contributed by atoms with Gasteiger partial charge in [0.1, 0.15) is 0 Å². The minimum absolute atomic E-state index is 0.0337. The number of morpholine rings is 3. The minimum Gasteiger partial charge on any atom is -0.478 e. The number of benzene rings is 6. The van der Waals surface area contributed by atoms with Gasteiger partial charge in [-0.2, -0.15) is 56.3 Å². The predicted molar refractivity (Wildman–Crippen MR) is 457 cm³/mol. The van der Waals surface area contributed by atoms with Crippen LogP contribution in [0.4, 0.5) is 39.5 Å². The van der Waals surface area contributed by atoms with Gasteiger partial charge in [-0.1, -0.05) is 149 Å². The molecule has 0 unspecified atom stereocenters. The Labute approximate surface area is 725 Å². The lowest BCUT2D eigenvalue weighted by Crippen LogP contribution is -2.41. The number of aromatic carboxylic acids is 1. The van der Waals surface area contributed by atoms with Crippen molar-refractivity contribution in [2.75, 3.05) is 78.9 Å². The Kier molecular flexibility index (Phi) is 26.5. The molecule has 5 N–H and O–H groups in total. The van der Waals surface area contributed by atoms with E-state index in [0.29, 0.717) is 114 Å². The second-order valence-electron chi connectivity index (χ2n) is 32.8. The largest absolute Gasteiger partial charge is 0.516 e. The van der Waals surface area contributed by atoms with E-state index in [0.717, 1.165) is 175 Å².